The molecular weight excluding hydrogens is 358 g/mol. The summed E-state index contributed by atoms with van der Waals surface area (Å²) in [5, 5.41) is 8.85. The van der Waals surface area contributed by atoms with E-state index in [0.717, 1.165) is 43.7 Å². The molecule has 140 valence electrons. The maximum absolute atomic E-state index is 12.6. The van der Waals surface area contributed by atoms with Crippen LogP contribution in [0.3, 0.4) is 0 Å². The van der Waals surface area contributed by atoms with Gasteiger partial charge in [0.05, 0.1) is 16.2 Å². The summed E-state index contributed by atoms with van der Waals surface area (Å²) in [7, 11) is 0. The van der Waals surface area contributed by atoms with Gasteiger partial charge in [-0.1, -0.05) is 13.3 Å². The van der Waals surface area contributed by atoms with Crippen LogP contribution in [0.2, 0.25) is 0 Å². The van der Waals surface area contributed by atoms with E-state index in [1.165, 1.54) is 6.42 Å². The van der Waals surface area contributed by atoms with E-state index in [0.29, 0.717) is 6.42 Å². The van der Waals surface area contributed by atoms with Crippen LogP contribution < -0.4 is 16.0 Å². The van der Waals surface area contributed by atoms with E-state index >= 15 is 0 Å². The molecule has 0 radical (unpaired) electrons. The van der Waals surface area contributed by atoms with Crippen molar-refractivity contribution in [3.05, 3.63) is 0 Å². The molecule has 3 rings (SSSR count). The minimum absolute atomic E-state index is 0.0911. The second-order valence-corrected chi connectivity index (χ2v) is 10.3. The second kappa shape index (κ2) is 8.31. The molecule has 2 heterocycles. The van der Waals surface area contributed by atoms with E-state index in [2.05, 4.69) is 16.0 Å². The Morgan fingerprint density at radius 2 is 1.96 bits per heavy atom. The van der Waals surface area contributed by atoms with Crippen LogP contribution in [0.15, 0.2) is 0 Å². The minimum atomic E-state index is -0.721. The van der Waals surface area contributed by atoms with Crippen molar-refractivity contribution in [3.8, 4) is 0 Å². The number of rotatable bonds is 7. The van der Waals surface area contributed by atoms with Crippen molar-refractivity contribution < 1.29 is 14.4 Å². The Balaban J connectivity index is 1.55. The molecule has 1 spiro atoms. The molecule has 0 aromatic rings. The maximum atomic E-state index is 12.6. The highest BCUT2D eigenvalue weighted by Gasteiger charge is 2.44. The Morgan fingerprint density at radius 3 is 2.60 bits per heavy atom. The van der Waals surface area contributed by atoms with Gasteiger partial charge in [-0.15, -0.1) is 23.5 Å². The number of nitrogens with one attached hydrogen (secondary N) is 3. The van der Waals surface area contributed by atoms with Gasteiger partial charge >= 0.3 is 0 Å². The third-order valence-electron chi connectivity index (χ3n) is 4.82. The fourth-order valence-corrected chi connectivity index (χ4v) is 6.51. The molecule has 2 saturated heterocycles. The van der Waals surface area contributed by atoms with Crippen LogP contribution in [-0.2, 0) is 14.4 Å². The molecule has 0 bridgehead atoms. The van der Waals surface area contributed by atoms with Gasteiger partial charge in [-0.05, 0) is 43.6 Å². The van der Waals surface area contributed by atoms with E-state index in [4.69, 9.17) is 0 Å². The summed E-state index contributed by atoms with van der Waals surface area (Å²) in [6.07, 6.45) is 5.10. The predicted molar refractivity (Wildman–Crippen MR) is 102 cm³/mol. The first-order chi connectivity index (χ1) is 12.0. The van der Waals surface area contributed by atoms with Crippen molar-refractivity contribution in [1.29, 1.82) is 0 Å². The average molecular weight is 386 g/mol. The highest BCUT2D eigenvalue weighted by Crippen LogP contribution is 2.47. The monoisotopic (exact) mass is 385 g/mol. The third-order valence-corrected chi connectivity index (χ3v) is 8.18. The van der Waals surface area contributed by atoms with Gasteiger partial charge in [0, 0.05) is 12.6 Å². The topological polar surface area (TPSA) is 87.3 Å². The lowest BCUT2D eigenvalue weighted by Crippen LogP contribution is -2.51. The van der Waals surface area contributed by atoms with Gasteiger partial charge in [-0.3, -0.25) is 14.4 Å². The molecule has 8 heteroatoms. The van der Waals surface area contributed by atoms with Crippen LogP contribution in [0.1, 0.15) is 45.4 Å². The lowest BCUT2D eigenvalue weighted by molar-refractivity contribution is -0.140. The molecule has 1 saturated carbocycles. The molecule has 2 amide bonds. The first-order valence-corrected chi connectivity index (χ1v) is 11.2. The van der Waals surface area contributed by atoms with Crippen LogP contribution in [-0.4, -0.2) is 57.9 Å². The molecule has 3 fully saturated rings. The SMILES string of the molecule is CCCC(NC(=O)C1CC2(CN1)SCCCS2)C(=O)C(=O)NC1CC1. The standard InChI is InChI=1S/C17H27N3O3S2/c1-2-4-12(14(21)16(23)19-11-5-6-11)20-15(22)13-9-17(10-18-13)24-7-3-8-25-17/h11-13,18H,2-10H2,1H3,(H,19,23)(H,20,22). The molecule has 3 N–H and O–H groups in total. The Kier molecular flexibility index (Phi) is 6.33. The van der Waals surface area contributed by atoms with Crippen LogP contribution in [0.25, 0.3) is 0 Å². The fraction of sp³-hybridized carbons (Fsp3) is 0.824. The van der Waals surface area contributed by atoms with Crippen molar-refractivity contribution in [2.75, 3.05) is 18.1 Å². The zero-order valence-electron chi connectivity index (χ0n) is 14.6. The number of thioether (sulfide) groups is 2. The third kappa shape index (κ3) is 4.92. The molecule has 6 nitrogen and oxygen atoms in total. The Labute approximate surface area is 157 Å². The van der Waals surface area contributed by atoms with E-state index in [1.807, 2.05) is 30.4 Å². The normalized spacial score (nSPS) is 26.2. The maximum Gasteiger partial charge on any atom is 0.289 e. The van der Waals surface area contributed by atoms with Gasteiger partial charge in [-0.25, -0.2) is 0 Å². The number of ketones is 1. The molecule has 2 atom stereocenters. The number of hydrogen-bond donors (Lipinski definition) is 3. The van der Waals surface area contributed by atoms with Crippen LogP contribution in [0, 0.1) is 0 Å². The highest BCUT2D eigenvalue weighted by atomic mass is 32.2. The average Bonchev–Trinajstić information content (AvgIpc) is 3.33. The zero-order valence-corrected chi connectivity index (χ0v) is 16.3. The van der Waals surface area contributed by atoms with E-state index < -0.39 is 17.7 Å². The van der Waals surface area contributed by atoms with E-state index in [9.17, 15) is 14.4 Å². The van der Waals surface area contributed by atoms with Gasteiger partial charge in [-0.2, -0.15) is 0 Å². The number of carbonyl (C=O) groups excluding carboxylic acids is 3. The molecule has 2 unspecified atom stereocenters. The van der Waals surface area contributed by atoms with E-state index in [1.54, 1.807) is 0 Å². The molecule has 0 aromatic carbocycles. The summed E-state index contributed by atoms with van der Waals surface area (Å²) in [6, 6.07) is -0.857. The molecule has 2 aliphatic heterocycles. The van der Waals surface area contributed by atoms with Gasteiger partial charge in [0.25, 0.3) is 5.91 Å². The second-order valence-electron chi connectivity index (χ2n) is 7.06. The van der Waals surface area contributed by atoms with Crippen LogP contribution >= 0.6 is 23.5 Å². The van der Waals surface area contributed by atoms with Crippen molar-refractivity contribution in [2.45, 2.75) is 67.7 Å². The van der Waals surface area contributed by atoms with Gasteiger partial charge in [0.1, 0.15) is 0 Å². The molecule has 25 heavy (non-hydrogen) atoms. The summed E-state index contributed by atoms with van der Waals surface area (Å²) in [6.45, 7) is 2.76. The Morgan fingerprint density at radius 1 is 1.24 bits per heavy atom. The van der Waals surface area contributed by atoms with Crippen molar-refractivity contribution in [3.63, 3.8) is 0 Å². The van der Waals surface area contributed by atoms with Crippen molar-refractivity contribution in [1.82, 2.24) is 16.0 Å². The Hall–Kier alpha value is -0.730. The van der Waals surface area contributed by atoms with Gasteiger partial charge < -0.3 is 16.0 Å². The fourth-order valence-electron chi connectivity index (χ4n) is 3.23. The zero-order chi connectivity index (χ0) is 17.9. The smallest absolute Gasteiger partial charge is 0.289 e. The number of carbonyl (C=O) groups is 3. The Bertz CT molecular complexity index is 533. The number of hydrogen-bond acceptors (Lipinski definition) is 6. The summed E-state index contributed by atoms with van der Waals surface area (Å²) < 4.78 is 0.0911. The van der Waals surface area contributed by atoms with Crippen LogP contribution in [0.5, 0.6) is 0 Å². The highest BCUT2D eigenvalue weighted by molar-refractivity contribution is 8.18. The molecular formula is C17H27N3O3S2. The first kappa shape index (κ1) is 19.0. The predicted octanol–water partition coefficient (Wildman–Crippen LogP) is 1.05. The number of amides is 2. The quantitative estimate of drug-likeness (QED) is 0.568. The summed E-state index contributed by atoms with van der Waals surface area (Å²) >= 11 is 3.88. The lowest BCUT2D eigenvalue weighted by atomic mass is 10.1. The summed E-state index contributed by atoms with van der Waals surface area (Å²) in [5.74, 6) is 1.05. The molecule has 3 aliphatic rings. The van der Waals surface area contributed by atoms with Gasteiger partial charge in [0.15, 0.2) is 0 Å². The van der Waals surface area contributed by atoms with E-state index in [-0.39, 0.29) is 22.1 Å². The molecule has 1 aliphatic carbocycles. The van der Waals surface area contributed by atoms with Crippen LogP contribution in [0.4, 0.5) is 0 Å². The number of Topliss-reactive ketones (excluding diaryl/α,β-unsaturated/α-hetero) is 1. The van der Waals surface area contributed by atoms with Crippen molar-refractivity contribution in [2.24, 2.45) is 0 Å². The lowest BCUT2D eigenvalue weighted by Gasteiger charge is -2.31. The minimum Gasteiger partial charge on any atom is -0.347 e. The van der Waals surface area contributed by atoms with Crippen molar-refractivity contribution >= 4 is 41.1 Å². The summed E-state index contributed by atoms with van der Waals surface area (Å²) in [4.78, 5) is 37.0. The summed E-state index contributed by atoms with van der Waals surface area (Å²) in [5.41, 5.74) is 0. The molecule has 0 aromatic heterocycles. The first-order valence-electron chi connectivity index (χ1n) is 9.19. The largest absolute Gasteiger partial charge is 0.347 e. The van der Waals surface area contributed by atoms with Gasteiger partial charge in [0.2, 0.25) is 11.7 Å².